The average Bonchev–Trinajstić information content (AvgIpc) is 2.88. The number of nitriles is 1. The van der Waals surface area contributed by atoms with Crippen molar-refractivity contribution in [3.05, 3.63) is 71.7 Å². The Kier molecular flexibility index (Phi) is 3.63. The summed E-state index contributed by atoms with van der Waals surface area (Å²) in [5, 5.41) is 9.08. The van der Waals surface area contributed by atoms with Gasteiger partial charge in [-0.1, -0.05) is 24.3 Å². The molecule has 3 aromatic rings. The number of hydrogen-bond donors (Lipinski definition) is 1. The zero-order valence-corrected chi connectivity index (χ0v) is 12.5. The van der Waals surface area contributed by atoms with Crippen LogP contribution in [0, 0.1) is 25.2 Å². The summed E-state index contributed by atoms with van der Waals surface area (Å²) in [6, 6.07) is 17.9. The second-order valence-electron chi connectivity index (χ2n) is 5.22. The lowest BCUT2D eigenvalue weighted by Crippen LogP contribution is -2.09. The molecule has 0 bridgehead atoms. The fourth-order valence-electron chi connectivity index (χ4n) is 2.46. The standard InChI is InChI=1S/C18H16N4/c1-13-5-3-8-17(9-13)21-22-12-20-14(2)18(22)16-7-4-6-15(10-16)11-19/h3-10,12,21H,1-2H3. The Hall–Kier alpha value is -3.06. The third-order valence-corrected chi connectivity index (χ3v) is 3.48. The first kappa shape index (κ1) is 13.9. The van der Waals surface area contributed by atoms with E-state index < -0.39 is 0 Å². The molecule has 0 aliphatic heterocycles. The van der Waals surface area contributed by atoms with Crippen molar-refractivity contribution in [1.29, 1.82) is 5.26 Å². The van der Waals surface area contributed by atoms with Gasteiger partial charge in [0.05, 0.1) is 28.7 Å². The fraction of sp³-hybridized carbons (Fsp3) is 0.111. The Labute approximate surface area is 129 Å². The molecule has 0 amide bonds. The highest BCUT2D eigenvalue weighted by molar-refractivity contribution is 5.65. The summed E-state index contributed by atoms with van der Waals surface area (Å²) in [4.78, 5) is 4.38. The van der Waals surface area contributed by atoms with Gasteiger partial charge in [0.1, 0.15) is 6.33 Å². The monoisotopic (exact) mass is 288 g/mol. The van der Waals surface area contributed by atoms with Crippen molar-refractivity contribution in [3.63, 3.8) is 0 Å². The van der Waals surface area contributed by atoms with E-state index in [1.165, 1.54) is 5.56 Å². The van der Waals surface area contributed by atoms with E-state index >= 15 is 0 Å². The van der Waals surface area contributed by atoms with Crippen LogP contribution in [0.2, 0.25) is 0 Å². The Bertz CT molecular complexity index is 856. The highest BCUT2D eigenvalue weighted by atomic mass is 15.4. The minimum Gasteiger partial charge on any atom is -0.293 e. The van der Waals surface area contributed by atoms with E-state index in [1.807, 2.05) is 41.9 Å². The molecule has 0 atom stereocenters. The molecule has 1 aromatic heterocycles. The van der Waals surface area contributed by atoms with Crippen LogP contribution >= 0.6 is 0 Å². The van der Waals surface area contributed by atoms with Gasteiger partial charge in [-0.2, -0.15) is 5.26 Å². The molecule has 0 saturated heterocycles. The number of rotatable bonds is 3. The van der Waals surface area contributed by atoms with Crippen molar-refractivity contribution in [3.8, 4) is 17.3 Å². The first-order chi connectivity index (χ1) is 10.7. The van der Waals surface area contributed by atoms with Crippen LogP contribution in [-0.4, -0.2) is 9.66 Å². The number of benzene rings is 2. The van der Waals surface area contributed by atoms with Crippen LogP contribution in [0.1, 0.15) is 16.8 Å². The third-order valence-electron chi connectivity index (χ3n) is 3.48. The van der Waals surface area contributed by atoms with Crippen LogP contribution in [-0.2, 0) is 0 Å². The number of nitrogens with zero attached hydrogens (tertiary/aromatic N) is 3. The highest BCUT2D eigenvalue weighted by Gasteiger charge is 2.11. The summed E-state index contributed by atoms with van der Waals surface area (Å²) in [5.74, 6) is 0. The minimum atomic E-state index is 0.639. The fourth-order valence-corrected chi connectivity index (χ4v) is 2.46. The van der Waals surface area contributed by atoms with Crippen LogP contribution in [0.4, 0.5) is 5.69 Å². The molecule has 4 nitrogen and oxygen atoms in total. The van der Waals surface area contributed by atoms with Gasteiger partial charge in [0.15, 0.2) is 0 Å². The average molecular weight is 288 g/mol. The highest BCUT2D eigenvalue weighted by Crippen LogP contribution is 2.24. The molecule has 1 heterocycles. The van der Waals surface area contributed by atoms with E-state index in [0.717, 1.165) is 22.6 Å². The smallest absolute Gasteiger partial charge is 0.115 e. The van der Waals surface area contributed by atoms with E-state index in [1.54, 1.807) is 12.4 Å². The molecule has 3 rings (SSSR count). The van der Waals surface area contributed by atoms with Crippen molar-refractivity contribution in [2.24, 2.45) is 0 Å². The van der Waals surface area contributed by atoms with Crippen molar-refractivity contribution in [2.75, 3.05) is 5.43 Å². The van der Waals surface area contributed by atoms with Gasteiger partial charge >= 0.3 is 0 Å². The first-order valence-electron chi connectivity index (χ1n) is 7.05. The number of aromatic nitrogens is 2. The van der Waals surface area contributed by atoms with Crippen molar-refractivity contribution in [1.82, 2.24) is 9.66 Å². The quantitative estimate of drug-likeness (QED) is 0.795. The molecule has 22 heavy (non-hydrogen) atoms. The molecule has 0 aliphatic rings. The van der Waals surface area contributed by atoms with E-state index in [2.05, 4.69) is 35.5 Å². The maximum atomic E-state index is 9.08. The Morgan fingerprint density at radius 3 is 2.68 bits per heavy atom. The van der Waals surface area contributed by atoms with Gasteiger partial charge in [0, 0.05) is 5.56 Å². The van der Waals surface area contributed by atoms with Crippen molar-refractivity contribution >= 4 is 5.69 Å². The summed E-state index contributed by atoms with van der Waals surface area (Å²) in [5.41, 5.74) is 9.00. The maximum absolute atomic E-state index is 9.08. The molecule has 108 valence electrons. The van der Waals surface area contributed by atoms with Gasteiger partial charge in [-0.3, -0.25) is 5.43 Å². The van der Waals surface area contributed by atoms with Gasteiger partial charge in [0.2, 0.25) is 0 Å². The summed E-state index contributed by atoms with van der Waals surface area (Å²) in [7, 11) is 0. The zero-order chi connectivity index (χ0) is 15.5. The van der Waals surface area contributed by atoms with E-state index in [9.17, 15) is 0 Å². The summed E-state index contributed by atoms with van der Waals surface area (Å²) >= 11 is 0. The van der Waals surface area contributed by atoms with Crippen LogP contribution in [0.3, 0.4) is 0 Å². The number of nitrogens with one attached hydrogen (secondary N) is 1. The van der Waals surface area contributed by atoms with E-state index in [-0.39, 0.29) is 0 Å². The van der Waals surface area contributed by atoms with Crippen LogP contribution in [0.15, 0.2) is 54.9 Å². The van der Waals surface area contributed by atoms with Crippen LogP contribution < -0.4 is 5.43 Å². The minimum absolute atomic E-state index is 0.639. The van der Waals surface area contributed by atoms with Crippen molar-refractivity contribution < 1.29 is 0 Å². The molecule has 4 heteroatoms. The Balaban J connectivity index is 2.02. The number of imidazole rings is 1. The second-order valence-corrected chi connectivity index (χ2v) is 5.22. The maximum Gasteiger partial charge on any atom is 0.115 e. The number of hydrogen-bond acceptors (Lipinski definition) is 3. The molecule has 0 fully saturated rings. The Morgan fingerprint density at radius 2 is 1.91 bits per heavy atom. The van der Waals surface area contributed by atoms with E-state index in [4.69, 9.17) is 5.26 Å². The van der Waals surface area contributed by atoms with Gasteiger partial charge in [-0.05, 0) is 43.7 Å². The molecular weight excluding hydrogens is 272 g/mol. The molecule has 0 spiro atoms. The second kappa shape index (κ2) is 5.74. The number of anilines is 1. The first-order valence-corrected chi connectivity index (χ1v) is 7.05. The lowest BCUT2D eigenvalue weighted by Gasteiger charge is -2.12. The molecule has 0 aliphatic carbocycles. The summed E-state index contributed by atoms with van der Waals surface area (Å²) < 4.78 is 1.89. The van der Waals surface area contributed by atoms with Gasteiger partial charge in [-0.25, -0.2) is 9.66 Å². The summed E-state index contributed by atoms with van der Waals surface area (Å²) in [6.45, 7) is 4.02. The molecule has 1 N–H and O–H groups in total. The summed E-state index contributed by atoms with van der Waals surface area (Å²) in [6.07, 6.45) is 1.76. The SMILES string of the molecule is Cc1cccc(Nn2cnc(C)c2-c2cccc(C#N)c2)c1. The molecule has 2 aromatic carbocycles. The van der Waals surface area contributed by atoms with Crippen LogP contribution in [0.5, 0.6) is 0 Å². The molecule has 0 unspecified atom stereocenters. The van der Waals surface area contributed by atoms with Gasteiger partial charge in [-0.15, -0.1) is 0 Å². The third kappa shape index (κ3) is 2.70. The Morgan fingerprint density at radius 1 is 1.09 bits per heavy atom. The molecule has 0 radical (unpaired) electrons. The topological polar surface area (TPSA) is 53.6 Å². The predicted octanol–water partition coefficient (Wildman–Crippen LogP) is 3.91. The lowest BCUT2D eigenvalue weighted by atomic mass is 10.1. The predicted molar refractivity (Wildman–Crippen MR) is 87.3 cm³/mol. The van der Waals surface area contributed by atoms with Crippen molar-refractivity contribution in [2.45, 2.75) is 13.8 Å². The van der Waals surface area contributed by atoms with Gasteiger partial charge < -0.3 is 0 Å². The van der Waals surface area contributed by atoms with Gasteiger partial charge in [0.25, 0.3) is 0 Å². The zero-order valence-electron chi connectivity index (χ0n) is 12.5. The lowest BCUT2D eigenvalue weighted by molar-refractivity contribution is 0.961. The largest absolute Gasteiger partial charge is 0.293 e. The molecule has 0 saturated carbocycles. The normalized spacial score (nSPS) is 10.2. The number of aryl methyl sites for hydroxylation is 2. The molecular formula is C18H16N4. The van der Waals surface area contributed by atoms with Crippen LogP contribution in [0.25, 0.3) is 11.3 Å². The van der Waals surface area contributed by atoms with E-state index in [0.29, 0.717) is 5.56 Å².